The van der Waals surface area contributed by atoms with Gasteiger partial charge in [0.2, 0.25) is 0 Å². The number of nitrogens with zero attached hydrogens (tertiary/aromatic N) is 1. The van der Waals surface area contributed by atoms with Crippen molar-refractivity contribution in [2.24, 2.45) is 0 Å². The lowest BCUT2D eigenvalue weighted by Gasteiger charge is -2.30. The molecule has 1 rings (SSSR count). The Morgan fingerprint density at radius 1 is 1.36 bits per heavy atom. The SMILES string of the molecule is COC(OC)C(C)NCC1=CCN(C(=O)OC(C)(C)C)CC1. The molecule has 0 saturated carbocycles. The smallest absolute Gasteiger partial charge is 0.410 e. The fraction of sp³-hybridized carbons (Fsp3) is 0.812. The summed E-state index contributed by atoms with van der Waals surface area (Å²) in [4.78, 5) is 13.7. The van der Waals surface area contributed by atoms with Gasteiger partial charge in [-0.05, 0) is 34.1 Å². The molecule has 1 unspecified atom stereocenters. The highest BCUT2D eigenvalue weighted by Crippen LogP contribution is 2.15. The lowest BCUT2D eigenvalue weighted by Crippen LogP contribution is -2.42. The van der Waals surface area contributed by atoms with E-state index >= 15 is 0 Å². The monoisotopic (exact) mass is 314 g/mol. The van der Waals surface area contributed by atoms with Crippen LogP contribution >= 0.6 is 0 Å². The molecule has 1 aliphatic rings. The number of amides is 1. The fourth-order valence-corrected chi connectivity index (χ4v) is 2.26. The number of rotatable bonds is 6. The van der Waals surface area contributed by atoms with Gasteiger partial charge in [-0.2, -0.15) is 0 Å². The van der Waals surface area contributed by atoms with E-state index in [0.717, 1.165) is 13.0 Å². The summed E-state index contributed by atoms with van der Waals surface area (Å²) in [6.45, 7) is 9.71. The molecule has 1 N–H and O–H groups in total. The van der Waals surface area contributed by atoms with Gasteiger partial charge in [0, 0.05) is 33.9 Å². The maximum absolute atomic E-state index is 12.0. The lowest BCUT2D eigenvalue weighted by atomic mass is 10.1. The standard InChI is InChI=1S/C16H30N2O4/c1-12(14(20-5)21-6)17-11-13-7-9-18(10-8-13)15(19)22-16(2,3)4/h7,12,14,17H,8-11H2,1-6H3. The number of methoxy groups -OCH3 is 2. The van der Waals surface area contributed by atoms with E-state index in [1.54, 1.807) is 19.1 Å². The number of hydrogen-bond acceptors (Lipinski definition) is 5. The van der Waals surface area contributed by atoms with E-state index in [1.807, 2.05) is 27.7 Å². The molecule has 0 fully saturated rings. The molecule has 0 radical (unpaired) electrons. The molecule has 0 aliphatic carbocycles. The predicted molar refractivity (Wildman–Crippen MR) is 85.8 cm³/mol. The summed E-state index contributed by atoms with van der Waals surface area (Å²) in [5, 5.41) is 3.38. The minimum Gasteiger partial charge on any atom is -0.444 e. The molecule has 0 aromatic heterocycles. The highest BCUT2D eigenvalue weighted by Gasteiger charge is 2.24. The highest BCUT2D eigenvalue weighted by atomic mass is 16.7. The van der Waals surface area contributed by atoms with Crippen molar-refractivity contribution in [1.29, 1.82) is 0 Å². The van der Waals surface area contributed by atoms with Crippen LogP contribution in [0.1, 0.15) is 34.1 Å². The number of hydrogen-bond donors (Lipinski definition) is 1. The summed E-state index contributed by atoms with van der Waals surface area (Å²) in [7, 11) is 3.26. The molecular formula is C16H30N2O4. The Balaban J connectivity index is 2.40. The second kappa shape index (κ2) is 8.50. The maximum atomic E-state index is 12.0. The minimum absolute atomic E-state index is 0.0970. The topological polar surface area (TPSA) is 60.0 Å². The first-order valence-corrected chi connectivity index (χ1v) is 7.71. The second-order valence-corrected chi connectivity index (χ2v) is 6.55. The molecule has 22 heavy (non-hydrogen) atoms. The Hall–Kier alpha value is -1.11. The largest absolute Gasteiger partial charge is 0.444 e. The van der Waals surface area contributed by atoms with Crippen LogP contribution in [0.5, 0.6) is 0 Å². The Bertz CT molecular complexity index is 386. The zero-order valence-corrected chi connectivity index (χ0v) is 14.6. The van der Waals surface area contributed by atoms with Crippen molar-refractivity contribution in [3.63, 3.8) is 0 Å². The zero-order valence-electron chi connectivity index (χ0n) is 14.6. The third-order valence-electron chi connectivity index (χ3n) is 3.48. The number of carbonyl (C=O) groups excluding carboxylic acids is 1. The van der Waals surface area contributed by atoms with Crippen LogP contribution in [0, 0.1) is 0 Å². The summed E-state index contributed by atoms with van der Waals surface area (Å²) in [6, 6.07) is 0.0970. The van der Waals surface area contributed by atoms with Gasteiger partial charge in [-0.25, -0.2) is 4.79 Å². The van der Waals surface area contributed by atoms with Gasteiger partial charge in [0.15, 0.2) is 6.29 Å². The Morgan fingerprint density at radius 2 is 2.00 bits per heavy atom. The van der Waals surface area contributed by atoms with E-state index in [4.69, 9.17) is 14.2 Å². The van der Waals surface area contributed by atoms with Crippen LogP contribution in [0.15, 0.2) is 11.6 Å². The van der Waals surface area contributed by atoms with Crippen LogP contribution in [0.25, 0.3) is 0 Å². The average molecular weight is 314 g/mol. The van der Waals surface area contributed by atoms with Gasteiger partial charge in [-0.1, -0.05) is 11.6 Å². The summed E-state index contributed by atoms with van der Waals surface area (Å²) < 4.78 is 15.8. The highest BCUT2D eigenvalue weighted by molar-refractivity contribution is 5.68. The maximum Gasteiger partial charge on any atom is 0.410 e. The molecule has 1 atom stereocenters. The van der Waals surface area contributed by atoms with E-state index in [1.165, 1.54) is 5.57 Å². The minimum atomic E-state index is -0.451. The van der Waals surface area contributed by atoms with Gasteiger partial charge in [0.1, 0.15) is 5.60 Å². The zero-order chi connectivity index (χ0) is 16.8. The van der Waals surface area contributed by atoms with Crippen molar-refractivity contribution in [3.05, 3.63) is 11.6 Å². The number of nitrogens with one attached hydrogen (secondary N) is 1. The molecule has 128 valence electrons. The van der Waals surface area contributed by atoms with Crippen LogP contribution in [0.3, 0.4) is 0 Å². The molecule has 0 aromatic carbocycles. The third kappa shape index (κ3) is 6.34. The van der Waals surface area contributed by atoms with Gasteiger partial charge in [0.05, 0.1) is 6.04 Å². The summed E-state index contributed by atoms with van der Waals surface area (Å²) in [5.41, 5.74) is 0.838. The molecule has 0 bridgehead atoms. The Morgan fingerprint density at radius 3 is 2.45 bits per heavy atom. The van der Waals surface area contributed by atoms with Crippen molar-refractivity contribution in [2.75, 3.05) is 33.9 Å². The normalized spacial score (nSPS) is 17.4. The lowest BCUT2D eigenvalue weighted by molar-refractivity contribution is -0.119. The quantitative estimate of drug-likeness (QED) is 0.601. The first-order valence-electron chi connectivity index (χ1n) is 7.71. The molecule has 1 heterocycles. The van der Waals surface area contributed by atoms with E-state index in [-0.39, 0.29) is 18.4 Å². The Kier molecular flexibility index (Phi) is 7.32. The van der Waals surface area contributed by atoms with Crippen LogP contribution in [0.4, 0.5) is 4.79 Å². The van der Waals surface area contributed by atoms with E-state index in [0.29, 0.717) is 13.1 Å². The first-order chi connectivity index (χ1) is 10.3. The van der Waals surface area contributed by atoms with Crippen LogP contribution < -0.4 is 5.32 Å². The molecule has 1 amide bonds. The summed E-state index contributed by atoms with van der Waals surface area (Å²) >= 11 is 0. The van der Waals surface area contributed by atoms with Gasteiger partial charge < -0.3 is 24.4 Å². The average Bonchev–Trinajstić information content (AvgIpc) is 2.45. The Labute approximate surface area is 133 Å². The molecule has 6 nitrogen and oxygen atoms in total. The van der Waals surface area contributed by atoms with Gasteiger partial charge in [0.25, 0.3) is 0 Å². The van der Waals surface area contributed by atoms with Crippen LogP contribution in [-0.2, 0) is 14.2 Å². The molecular weight excluding hydrogens is 284 g/mol. The molecule has 0 spiro atoms. The van der Waals surface area contributed by atoms with Crippen LogP contribution in [-0.4, -0.2) is 62.8 Å². The second-order valence-electron chi connectivity index (χ2n) is 6.55. The van der Waals surface area contributed by atoms with Crippen molar-refractivity contribution in [3.8, 4) is 0 Å². The number of carbonyl (C=O) groups is 1. The van der Waals surface area contributed by atoms with Gasteiger partial charge in [-0.15, -0.1) is 0 Å². The summed E-state index contributed by atoms with van der Waals surface area (Å²) in [6.07, 6.45) is 2.43. The predicted octanol–water partition coefficient (Wildman–Crippen LogP) is 2.15. The third-order valence-corrected chi connectivity index (χ3v) is 3.48. The number of ether oxygens (including phenoxy) is 3. The van der Waals surface area contributed by atoms with Gasteiger partial charge in [-0.3, -0.25) is 0 Å². The summed E-state index contributed by atoms with van der Waals surface area (Å²) in [5.74, 6) is 0. The van der Waals surface area contributed by atoms with Gasteiger partial charge >= 0.3 is 6.09 Å². The molecule has 0 aromatic rings. The fourth-order valence-electron chi connectivity index (χ4n) is 2.26. The molecule has 1 aliphatic heterocycles. The molecule has 6 heteroatoms. The van der Waals surface area contributed by atoms with Crippen molar-refractivity contribution < 1.29 is 19.0 Å². The van der Waals surface area contributed by atoms with Crippen LogP contribution in [0.2, 0.25) is 0 Å². The van der Waals surface area contributed by atoms with E-state index < -0.39 is 5.60 Å². The first kappa shape index (κ1) is 18.9. The van der Waals surface area contributed by atoms with Crippen molar-refractivity contribution >= 4 is 6.09 Å². The van der Waals surface area contributed by atoms with Crippen molar-refractivity contribution in [2.45, 2.75) is 52.0 Å². The molecule has 0 saturated heterocycles. The van der Waals surface area contributed by atoms with E-state index in [9.17, 15) is 4.79 Å². The van der Waals surface area contributed by atoms with E-state index in [2.05, 4.69) is 11.4 Å². The van der Waals surface area contributed by atoms with Crippen molar-refractivity contribution in [1.82, 2.24) is 10.2 Å².